The molecule has 0 aliphatic carbocycles. The lowest BCUT2D eigenvalue weighted by Crippen LogP contribution is -2.28. The number of halogens is 1. The minimum Gasteiger partial charge on any atom is -0.292 e. The summed E-state index contributed by atoms with van der Waals surface area (Å²) < 4.78 is 1.79. The number of nitrogens with zero attached hydrogens (tertiary/aromatic N) is 2. The van der Waals surface area contributed by atoms with Crippen molar-refractivity contribution in [1.82, 2.24) is 9.55 Å². The molecular formula is C15H19ClN2O. The van der Waals surface area contributed by atoms with Crippen molar-refractivity contribution >= 4 is 22.5 Å². The van der Waals surface area contributed by atoms with Gasteiger partial charge < -0.3 is 0 Å². The number of benzene rings is 1. The van der Waals surface area contributed by atoms with Crippen molar-refractivity contribution in [2.24, 2.45) is 0 Å². The smallest absolute Gasteiger partial charge is 0.261 e. The topological polar surface area (TPSA) is 34.9 Å². The Balaban J connectivity index is 2.70. The molecule has 19 heavy (non-hydrogen) atoms. The summed E-state index contributed by atoms with van der Waals surface area (Å²) in [6.07, 6.45) is 2.93. The molecule has 0 saturated heterocycles. The van der Waals surface area contributed by atoms with Gasteiger partial charge in [0.25, 0.3) is 5.56 Å². The van der Waals surface area contributed by atoms with E-state index in [1.165, 1.54) is 0 Å². The molecule has 102 valence electrons. The quantitative estimate of drug-likeness (QED) is 0.778. The van der Waals surface area contributed by atoms with Crippen LogP contribution < -0.4 is 5.56 Å². The second-order valence-electron chi connectivity index (χ2n) is 4.70. The van der Waals surface area contributed by atoms with Crippen LogP contribution in [0.15, 0.2) is 29.1 Å². The third-order valence-corrected chi connectivity index (χ3v) is 3.70. The number of alkyl halides is 1. The van der Waals surface area contributed by atoms with E-state index in [1.54, 1.807) is 4.57 Å². The monoisotopic (exact) mass is 278 g/mol. The van der Waals surface area contributed by atoms with E-state index >= 15 is 0 Å². The van der Waals surface area contributed by atoms with E-state index < -0.39 is 0 Å². The van der Waals surface area contributed by atoms with Crippen LogP contribution in [0, 0.1) is 0 Å². The Morgan fingerprint density at radius 3 is 2.68 bits per heavy atom. The summed E-state index contributed by atoms with van der Waals surface area (Å²) in [7, 11) is 0. The third-order valence-electron chi connectivity index (χ3n) is 3.46. The van der Waals surface area contributed by atoms with Gasteiger partial charge in [0.15, 0.2) is 0 Å². The van der Waals surface area contributed by atoms with E-state index in [0.29, 0.717) is 11.2 Å². The summed E-state index contributed by atoms with van der Waals surface area (Å²) in [5.74, 6) is 0.936. The Kier molecular flexibility index (Phi) is 4.59. The maximum atomic E-state index is 12.6. The lowest BCUT2D eigenvalue weighted by Gasteiger charge is -2.20. The second kappa shape index (κ2) is 6.20. The normalized spacial score (nSPS) is 12.8. The van der Waals surface area contributed by atoms with Gasteiger partial charge in [0.2, 0.25) is 0 Å². The van der Waals surface area contributed by atoms with Crippen molar-refractivity contribution in [2.75, 3.05) is 0 Å². The molecule has 1 unspecified atom stereocenters. The Hall–Kier alpha value is -1.35. The van der Waals surface area contributed by atoms with Crippen LogP contribution in [0.25, 0.3) is 10.9 Å². The molecule has 0 saturated carbocycles. The fourth-order valence-corrected chi connectivity index (χ4v) is 2.70. The van der Waals surface area contributed by atoms with E-state index in [1.807, 2.05) is 24.3 Å². The molecule has 1 heterocycles. The zero-order valence-electron chi connectivity index (χ0n) is 11.4. The maximum Gasteiger partial charge on any atom is 0.261 e. The lowest BCUT2D eigenvalue weighted by molar-refractivity contribution is 0.423. The van der Waals surface area contributed by atoms with Gasteiger partial charge in [0, 0.05) is 6.04 Å². The Labute approximate surface area is 118 Å². The number of aromatic nitrogens is 2. The Morgan fingerprint density at radius 2 is 2.05 bits per heavy atom. The van der Waals surface area contributed by atoms with Crippen LogP contribution in [-0.2, 0) is 5.88 Å². The van der Waals surface area contributed by atoms with Gasteiger partial charge in [-0.15, -0.1) is 11.6 Å². The molecule has 0 spiro atoms. The molecule has 0 N–H and O–H groups in total. The summed E-state index contributed by atoms with van der Waals surface area (Å²) in [5, 5.41) is 0.672. The van der Waals surface area contributed by atoms with Crippen LogP contribution >= 0.6 is 11.6 Å². The summed E-state index contributed by atoms with van der Waals surface area (Å²) in [6, 6.07) is 7.64. The molecule has 4 heteroatoms. The van der Waals surface area contributed by atoms with Gasteiger partial charge in [0.05, 0.1) is 16.8 Å². The van der Waals surface area contributed by atoms with Gasteiger partial charge in [-0.25, -0.2) is 4.98 Å². The van der Waals surface area contributed by atoms with E-state index in [2.05, 4.69) is 18.8 Å². The second-order valence-corrected chi connectivity index (χ2v) is 4.97. The van der Waals surface area contributed by atoms with E-state index in [-0.39, 0.29) is 17.5 Å². The molecule has 1 aromatic carbocycles. The maximum absolute atomic E-state index is 12.6. The number of fused-ring (bicyclic) bond motifs is 1. The minimum atomic E-state index is 0.0292. The number of para-hydroxylation sites is 1. The predicted octanol–water partition coefficient (Wildman–Crippen LogP) is 3.89. The van der Waals surface area contributed by atoms with Gasteiger partial charge in [-0.05, 0) is 25.0 Å². The average Bonchev–Trinajstić information content (AvgIpc) is 2.45. The van der Waals surface area contributed by atoms with Crippen molar-refractivity contribution in [3.05, 3.63) is 40.4 Å². The number of rotatable bonds is 5. The molecule has 1 aromatic heterocycles. The largest absolute Gasteiger partial charge is 0.292 e. The first-order valence-electron chi connectivity index (χ1n) is 6.79. The highest BCUT2D eigenvalue weighted by atomic mass is 35.5. The average molecular weight is 279 g/mol. The molecule has 0 aliphatic heterocycles. The van der Waals surface area contributed by atoms with Crippen LogP contribution in [0.5, 0.6) is 0 Å². The van der Waals surface area contributed by atoms with Gasteiger partial charge in [-0.3, -0.25) is 9.36 Å². The molecule has 0 amide bonds. The first-order valence-corrected chi connectivity index (χ1v) is 7.32. The molecule has 2 aromatic rings. The molecule has 0 fully saturated rings. The van der Waals surface area contributed by atoms with E-state index in [4.69, 9.17) is 11.6 Å². The zero-order chi connectivity index (χ0) is 13.8. The predicted molar refractivity (Wildman–Crippen MR) is 79.8 cm³/mol. The number of hydrogen-bond donors (Lipinski definition) is 0. The summed E-state index contributed by atoms with van der Waals surface area (Å²) in [4.78, 5) is 17.2. The van der Waals surface area contributed by atoms with Gasteiger partial charge in [-0.1, -0.05) is 32.4 Å². The molecule has 1 atom stereocenters. The van der Waals surface area contributed by atoms with Crippen molar-refractivity contribution in [3.8, 4) is 0 Å². The van der Waals surface area contributed by atoms with Crippen LogP contribution in [-0.4, -0.2) is 9.55 Å². The summed E-state index contributed by atoms with van der Waals surface area (Å²) in [5.41, 5.74) is 0.757. The van der Waals surface area contributed by atoms with Crippen LogP contribution in [0.3, 0.4) is 0 Å². The Morgan fingerprint density at radius 1 is 1.32 bits per heavy atom. The summed E-state index contributed by atoms with van der Waals surface area (Å²) >= 11 is 5.98. The van der Waals surface area contributed by atoms with Crippen molar-refractivity contribution < 1.29 is 0 Å². The molecular weight excluding hydrogens is 260 g/mol. The fraction of sp³-hybridized carbons (Fsp3) is 0.467. The van der Waals surface area contributed by atoms with Crippen LogP contribution in [0.1, 0.15) is 45.0 Å². The highest BCUT2D eigenvalue weighted by molar-refractivity contribution is 6.16. The highest BCUT2D eigenvalue weighted by Gasteiger charge is 2.16. The number of hydrogen-bond acceptors (Lipinski definition) is 2. The van der Waals surface area contributed by atoms with Crippen molar-refractivity contribution in [3.63, 3.8) is 0 Å². The van der Waals surface area contributed by atoms with Gasteiger partial charge in [-0.2, -0.15) is 0 Å². The SMILES string of the molecule is CCCC(CC)n1c(CCl)nc2ccccc2c1=O. The third kappa shape index (κ3) is 2.66. The Bertz CT molecular complexity index is 621. The molecule has 3 nitrogen and oxygen atoms in total. The summed E-state index contributed by atoms with van der Waals surface area (Å²) in [6.45, 7) is 4.22. The first kappa shape index (κ1) is 14.1. The first-order chi connectivity index (χ1) is 9.22. The molecule has 0 radical (unpaired) electrons. The fourth-order valence-electron chi connectivity index (χ4n) is 2.51. The van der Waals surface area contributed by atoms with Crippen molar-refractivity contribution in [1.29, 1.82) is 0 Å². The van der Waals surface area contributed by atoms with Gasteiger partial charge in [0.1, 0.15) is 5.82 Å². The van der Waals surface area contributed by atoms with Crippen LogP contribution in [0.4, 0.5) is 0 Å². The van der Waals surface area contributed by atoms with E-state index in [9.17, 15) is 4.79 Å². The minimum absolute atomic E-state index is 0.0292. The van der Waals surface area contributed by atoms with Gasteiger partial charge >= 0.3 is 0 Å². The molecule has 0 aliphatic rings. The molecule has 2 rings (SSSR count). The molecule has 0 bridgehead atoms. The lowest BCUT2D eigenvalue weighted by atomic mass is 10.1. The standard InChI is InChI=1S/C15H19ClN2O/c1-3-7-11(4-2)18-14(10-16)17-13-9-6-5-8-12(13)15(18)19/h5-6,8-9,11H,3-4,7,10H2,1-2H3. The highest BCUT2D eigenvalue weighted by Crippen LogP contribution is 2.20. The zero-order valence-corrected chi connectivity index (χ0v) is 12.2. The van der Waals surface area contributed by atoms with Crippen LogP contribution in [0.2, 0.25) is 0 Å². The van der Waals surface area contributed by atoms with Crippen molar-refractivity contribution in [2.45, 2.75) is 45.0 Å². The van der Waals surface area contributed by atoms with E-state index in [0.717, 1.165) is 24.8 Å².